The molecule has 0 saturated carbocycles. The zero-order valence-electron chi connectivity index (χ0n) is 13.4. The Kier molecular flexibility index (Phi) is 6.20. The highest BCUT2D eigenvalue weighted by Gasteiger charge is 2.36. The number of aliphatic hydroxyl groups excluding tert-OH is 2. The summed E-state index contributed by atoms with van der Waals surface area (Å²) in [4.78, 5) is 0. The van der Waals surface area contributed by atoms with Crippen molar-refractivity contribution in [3.8, 4) is 5.75 Å². The van der Waals surface area contributed by atoms with E-state index in [1.165, 1.54) is 0 Å². The van der Waals surface area contributed by atoms with Crippen LogP contribution in [0.4, 0.5) is 0 Å². The van der Waals surface area contributed by atoms with Crippen molar-refractivity contribution in [3.05, 3.63) is 29.8 Å². The molecule has 0 unspecified atom stereocenters. The van der Waals surface area contributed by atoms with Gasteiger partial charge >= 0.3 is 0 Å². The first kappa shape index (κ1) is 17.2. The van der Waals surface area contributed by atoms with Gasteiger partial charge in [-0.2, -0.15) is 0 Å². The van der Waals surface area contributed by atoms with Gasteiger partial charge in [0.05, 0.1) is 25.9 Å². The Hall–Kier alpha value is -1.14. The number of hydrogen-bond donors (Lipinski definition) is 2. The Balaban J connectivity index is 2.06. The molecule has 1 aliphatic rings. The summed E-state index contributed by atoms with van der Waals surface area (Å²) in [5, 5.41) is 19.1. The van der Waals surface area contributed by atoms with Crippen molar-refractivity contribution in [1.29, 1.82) is 0 Å². The van der Waals surface area contributed by atoms with E-state index < -0.39 is 12.4 Å². The molecular formula is C17H26O5. The third kappa shape index (κ3) is 3.98. The molecule has 5 atom stereocenters. The van der Waals surface area contributed by atoms with Crippen LogP contribution in [0.1, 0.15) is 32.1 Å². The van der Waals surface area contributed by atoms with Gasteiger partial charge in [-0.1, -0.05) is 26.0 Å². The summed E-state index contributed by atoms with van der Waals surface area (Å²) in [6.07, 6.45) is -0.757. The molecule has 0 bridgehead atoms. The minimum atomic E-state index is -0.577. The van der Waals surface area contributed by atoms with Gasteiger partial charge in [-0.15, -0.1) is 0 Å². The normalized spacial score (nSPS) is 28.1. The molecule has 1 aromatic carbocycles. The van der Waals surface area contributed by atoms with Crippen molar-refractivity contribution in [2.24, 2.45) is 11.8 Å². The first-order valence-corrected chi connectivity index (χ1v) is 7.76. The van der Waals surface area contributed by atoms with E-state index in [-0.39, 0.29) is 24.5 Å². The molecule has 1 aromatic rings. The summed E-state index contributed by atoms with van der Waals surface area (Å²) in [7, 11) is 1.63. The Labute approximate surface area is 131 Å². The third-order valence-corrected chi connectivity index (χ3v) is 4.29. The Morgan fingerprint density at radius 1 is 1.32 bits per heavy atom. The van der Waals surface area contributed by atoms with Crippen LogP contribution in [0, 0.1) is 11.8 Å². The fraction of sp³-hybridized carbons (Fsp3) is 0.647. The number of benzene rings is 1. The highest BCUT2D eigenvalue weighted by atomic mass is 16.7. The molecular weight excluding hydrogens is 284 g/mol. The van der Waals surface area contributed by atoms with Crippen molar-refractivity contribution >= 4 is 0 Å². The molecule has 5 nitrogen and oxygen atoms in total. The molecule has 124 valence electrons. The number of hydrogen-bond acceptors (Lipinski definition) is 5. The minimum absolute atomic E-state index is 0.0228. The Morgan fingerprint density at radius 2 is 2.00 bits per heavy atom. The molecule has 0 radical (unpaired) electrons. The predicted octanol–water partition coefficient (Wildman–Crippen LogP) is 2.12. The second kappa shape index (κ2) is 7.92. The summed E-state index contributed by atoms with van der Waals surface area (Å²) in [5.41, 5.74) is 0.932. The number of rotatable bonds is 6. The van der Waals surface area contributed by atoms with Crippen LogP contribution in [0.15, 0.2) is 24.3 Å². The number of aliphatic hydroxyl groups is 2. The van der Waals surface area contributed by atoms with E-state index in [4.69, 9.17) is 19.3 Å². The van der Waals surface area contributed by atoms with Crippen LogP contribution < -0.4 is 4.74 Å². The monoisotopic (exact) mass is 310 g/mol. The minimum Gasteiger partial charge on any atom is -0.497 e. The van der Waals surface area contributed by atoms with Gasteiger partial charge in [0.1, 0.15) is 5.75 Å². The van der Waals surface area contributed by atoms with Gasteiger partial charge in [0.2, 0.25) is 0 Å². The van der Waals surface area contributed by atoms with Gasteiger partial charge < -0.3 is 24.4 Å². The molecule has 5 heteroatoms. The lowest BCUT2D eigenvalue weighted by atomic mass is 9.87. The van der Waals surface area contributed by atoms with Gasteiger partial charge in [-0.05, 0) is 18.6 Å². The average Bonchev–Trinajstić information content (AvgIpc) is 2.55. The Bertz CT molecular complexity index is 447. The first-order valence-electron chi connectivity index (χ1n) is 7.76. The fourth-order valence-corrected chi connectivity index (χ4v) is 2.84. The standard InChI is InChI=1S/C17H26O5/c1-11-10-21-17(13-4-6-14(20-3)7-5-13)22-16(11)12(2)15(19)8-9-18/h4-7,11-12,15-19H,8-10H2,1-3H3/t11-,12-,15-,16+,17+/m0/s1. The third-order valence-electron chi connectivity index (χ3n) is 4.29. The molecule has 0 aliphatic carbocycles. The molecule has 0 amide bonds. The van der Waals surface area contributed by atoms with Gasteiger partial charge in [-0.3, -0.25) is 0 Å². The van der Waals surface area contributed by atoms with Gasteiger partial charge in [0.25, 0.3) is 0 Å². The second-order valence-electron chi connectivity index (χ2n) is 5.96. The van der Waals surface area contributed by atoms with Crippen molar-refractivity contribution in [2.75, 3.05) is 20.3 Å². The topological polar surface area (TPSA) is 68.2 Å². The maximum Gasteiger partial charge on any atom is 0.184 e. The maximum absolute atomic E-state index is 10.1. The van der Waals surface area contributed by atoms with Crippen LogP contribution in [0.3, 0.4) is 0 Å². The molecule has 1 saturated heterocycles. The average molecular weight is 310 g/mol. The van der Waals surface area contributed by atoms with E-state index in [1.807, 2.05) is 31.2 Å². The predicted molar refractivity (Wildman–Crippen MR) is 82.6 cm³/mol. The van der Waals surface area contributed by atoms with E-state index in [1.54, 1.807) is 7.11 Å². The van der Waals surface area contributed by atoms with E-state index in [0.717, 1.165) is 11.3 Å². The first-order chi connectivity index (χ1) is 10.6. The summed E-state index contributed by atoms with van der Waals surface area (Å²) in [6, 6.07) is 7.59. The maximum atomic E-state index is 10.1. The van der Waals surface area contributed by atoms with E-state index >= 15 is 0 Å². The lowest BCUT2D eigenvalue weighted by Crippen LogP contribution is -2.43. The van der Waals surface area contributed by atoms with Crippen LogP contribution in [0.25, 0.3) is 0 Å². The number of ether oxygens (including phenoxy) is 3. The molecule has 1 aliphatic heterocycles. The molecule has 2 rings (SSSR count). The Morgan fingerprint density at radius 3 is 2.59 bits per heavy atom. The highest BCUT2D eigenvalue weighted by Crippen LogP contribution is 2.34. The van der Waals surface area contributed by atoms with E-state index in [9.17, 15) is 5.11 Å². The molecule has 1 heterocycles. The quantitative estimate of drug-likeness (QED) is 0.842. The van der Waals surface area contributed by atoms with E-state index in [2.05, 4.69) is 6.92 Å². The SMILES string of the molecule is COc1ccc([C@@H]2OC[C@H](C)[C@H]([C@@H](C)[C@@H](O)CCO)O2)cc1. The van der Waals surface area contributed by atoms with Crippen LogP contribution in [0.5, 0.6) is 5.75 Å². The highest BCUT2D eigenvalue weighted by molar-refractivity contribution is 5.28. The largest absolute Gasteiger partial charge is 0.497 e. The molecule has 1 fully saturated rings. The summed E-state index contributed by atoms with van der Waals surface area (Å²) >= 11 is 0. The fourth-order valence-electron chi connectivity index (χ4n) is 2.84. The van der Waals surface area contributed by atoms with Gasteiger partial charge in [-0.25, -0.2) is 0 Å². The molecule has 0 spiro atoms. The lowest BCUT2D eigenvalue weighted by molar-refractivity contribution is -0.256. The van der Waals surface area contributed by atoms with Crippen LogP contribution in [-0.2, 0) is 9.47 Å². The molecule has 22 heavy (non-hydrogen) atoms. The van der Waals surface area contributed by atoms with Crippen molar-refractivity contribution in [2.45, 2.75) is 38.8 Å². The van der Waals surface area contributed by atoms with E-state index in [0.29, 0.717) is 13.0 Å². The van der Waals surface area contributed by atoms with Crippen LogP contribution in [-0.4, -0.2) is 42.7 Å². The zero-order chi connectivity index (χ0) is 16.1. The summed E-state index contributed by atoms with van der Waals surface area (Å²) < 4.78 is 17.0. The zero-order valence-corrected chi connectivity index (χ0v) is 13.4. The smallest absolute Gasteiger partial charge is 0.184 e. The van der Waals surface area contributed by atoms with Crippen LogP contribution >= 0.6 is 0 Å². The van der Waals surface area contributed by atoms with Crippen molar-refractivity contribution < 1.29 is 24.4 Å². The number of methoxy groups -OCH3 is 1. The summed E-state index contributed by atoms with van der Waals surface area (Å²) in [6.45, 7) is 4.57. The molecule has 0 aromatic heterocycles. The van der Waals surface area contributed by atoms with Crippen molar-refractivity contribution in [1.82, 2.24) is 0 Å². The van der Waals surface area contributed by atoms with Crippen LogP contribution in [0.2, 0.25) is 0 Å². The second-order valence-corrected chi connectivity index (χ2v) is 5.96. The van der Waals surface area contributed by atoms with Gasteiger partial charge in [0.15, 0.2) is 6.29 Å². The van der Waals surface area contributed by atoms with Gasteiger partial charge in [0, 0.05) is 24.0 Å². The summed E-state index contributed by atoms with van der Waals surface area (Å²) in [5.74, 6) is 0.917. The lowest BCUT2D eigenvalue weighted by Gasteiger charge is -2.39. The van der Waals surface area contributed by atoms with Crippen molar-refractivity contribution in [3.63, 3.8) is 0 Å². The molecule has 2 N–H and O–H groups in total.